The van der Waals surface area contributed by atoms with Crippen LogP contribution in [0.4, 0.5) is 0 Å². The summed E-state index contributed by atoms with van der Waals surface area (Å²) >= 11 is 0. The molecule has 0 spiro atoms. The first-order valence-electron chi connectivity index (χ1n) is 8.05. The molecule has 1 heterocycles. The van der Waals surface area contributed by atoms with Crippen LogP contribution < -0.4 is 5.73 Å². The highest BCUT2D eigenvalue weighted by molar-refractivity contribution is 4.99. The minimum atomic E-state index is 0.276. The van der Waals surface area contributed by atoms with Crippen molar-refractivity contribution in [2.24, 2.45) is 23.5 Å². The van der Waals surface area contributed by atoms with Gasteiger partial charge in [-0.3, -0.25) is 4.90 Å². The second-order valence-electron chi connectivity index (χ2n) is 7.04. The van der Waals surface area contributed by atoms with Crippen LogP contribution in [0.3, 0.4) is 0 Å². The van der Waals surface area contributed by atoms with E-state index < -0.39 is 0 Å². The standard InChI is InChI=1S/C16H32N2O/c1-13-6-7-16(12-17,9-14(13)2)18-8-4-5-15(10-18)11-19-3/h13-15H,4-12,17H2,1-3H3. The van der Waals surface area contributed by atoms with Crippen molar-refractivity contribution < 1.29 is 4.74 Å². The highest BCUT2D eigenvalue weighted by Crippen LogP contribution is 2.40. The maximum Gasteiger partial charge on any atom is 0.0502 e. The predicted molar refractivity (Wildman–Crippen MR) is 80.1 cm³/mol. The first-order chi connectivity index (χ1) is 9.11. The molecule has 0 amide bonds. The Morgan fingerprint density at radius 2 is 2.05 bits per heavy atom. The smallest absolute Gasteiger partial charge is 0.0502 e. The van der Waals surface area contributed by atoms with E-state index in [1.165, 1.54) is 45.2 Å². The van der Waals surface area contributed by atoms with Crippen LogP contribution in [0.15, 0.2) is 0 Å². The van der Waals surface area contributed by atoms with E-state index >= 15 is 0 Å². The molecule has 2 fully saturated rings. The van der Waals surface area contributed by atoms with Crippen LogP contribution in [0.25, 0.3) is 0 Å². The second kappa shape index (κ2) is 6.55. The van der Waals surface area contributed by atoms with Crippen LogP contribution >= 0.6 is 0 Å². The highest BCUT2D eigenvalue weighted by atomic mass is 16.5. The Morgan fingerprint density at radius 1 is 1.26 bits per heavy atom. The average Bonchev–Trinajstić information content (AvgIpc) is 2.43. The molecule has 0 aromatic rings. The van der Waals surface area contributed by atoms with Crippen molar-refractivity contribution in [3.05, 3.63) is 0 Å². The third kappa shape index (κ3) is 3.32. The summed E-state index contributed by atoms with van der Waals surface area (Å²) in [6, 6.07) is 0. The van der Waals surface area contributed by atoms with E-state index in [0.29, 0.717) is 5.92 Å². The van der Waals surface area contributed by atoms with Crippen LogP contribution in [0, 0.1) is 17.8 Å². The molecule has 19 heavy (non-hydrogen) atoms. The van der Waals surface area contributed by atoms with Gasteiger partial charge in [-0.15, -0.1) is 0 Å². The SMILES string of the molecule is COCC1CCCN(C2(CN)CCC(C)C(C)C2)C1. The van der Waals surface area contributed by atoms with Gasteiger partial charge >= 0.3 is 0 Å². The van der Waals surface area contributed by atoms with Gasteiger partial charge < -0.3 is 10.5 Å². The zero-order valence-corrected chi connectivity index (χ0v) is 13.0. The molecule has 0 aromatic heterocycles. The zero-order valence-electron chi connectivity index (χ0n) is 13.0. The van der Waals surface area contributed by atoms with Gasteiger partial charge in [-0.2, -0.15) is 0 Å². The van der Waals surface area contributed by atoms with Gasteiger partial charge in [0.25, 0.3) is 0 Å². The van der Waals surface area contributed by atoms with Crippen molar-refractivity contribution in [2.45, 2.75) is 51.5 Å². The first-order valence-corrected chi connectivity index (χ1v) is 8.05. The number of methoxy groups -OCH3 is 1. The zero-order chi connectivity index (χ0) is 13.9. The molecule has 3 heteroatoms. The molecular weight excluding hydrogens is 236 g/mol. The van der Waals surface area contributed by atoms with Crippen molar-refractivity contribution in [1.29, 1.82) is 0 Å². The molecule has 3 nitrogen and oxygen atoms in total. The number of hydrogen-bond acceptors (Lipinski definition) is 3. The molecule has 2 aliphatic rings. The minimum Gasteiger partial charge on any atom is -0.384 e. The molecule has 4 unspecified atom stereocenters. The Labute approximate surface area is 118 Å². The van der Waals surface area contributed by atoms with Crippen molar-refractivity contribution in [3.63, 3.8) is 0 Å². The van der Waals surface area contributed by atoms with Gasteiger partial charge in [0, 0.05) is 25.7 Å². The largest absolute Gasteiger partial charge is 0.384 e. The van der Waals surface area contributed by atoms with Gasteiger partial charge in [0.05, 0.1) is 6.61 Å². The molecule has 1 saturated carbocycles. The number of nitrogens with two attached hydrogens (primary N) is 1. The third-order valence-corrected chi connectivity index (χ3v) is 5.71. The molecule has 112 valence electrons. The van der Waals surface area contributed by atoms with Gasteiger partial charge in [0.2, 0.25) is 0 Å². The fraction of sp³-hybridized carbons (Fsp3) is 1.00. The number of nitrogens with zero attached hydrogens (tertiary/aromatic N) is 1. The summed E-state index contributed by atoms with van der Waals surface area (Å²) in [5.41, 5.74) is 6.50. The summed E-state index contributed by atoms with van der Waals surface area (Å²) in [6.45, 7) is 8.96. The van der Waals surface area contributed by atoms with Crippen LogP contribution in [0.1, 0.15) is 46.0 Å². The summed E-state index contributed by atoms with van der Waals surface area (Å²) in [7, 11) is 1.82. The first kappa shape index (κ1) is 15.3. The number of rotatable bonds is 4. The number of hydrogen-bond donors (Lipinski definition) is 1. The van der Waals surface area contributed by atoms with Crippen LogP contribution in [0.2, 0.25) is 0 Å². The number of ether oxygens (including phenoxy) is 1. The molecule has 0 aromatic carbocycles. The molecule has 4 atom stereocenters. The van der Waals surface area contributed by atoms with Gasteiger partial charge in [0.15, 0.2) is 0 Å². The average molecular weight is 268 g/mol. The van der Waals surface area contributed by atoms with Gasteiger partial charge in [-0.1, -0.05) is 13.8 Å². The fourth-order valence-electron chi connectivity index (χ4n) is 4.15. The second-order valence-corrected chi connectivity index (χ2v) is 7.04. The summed E-state index contributed by atoms with van der Waals surface area (Å²) in [6.07, 6.45) is 6.53. The fourth-order valence-corrected chi connectivity index (χ4v) is 4.15. The highest BCUT2D eigenvalue weighted by Gasteiger charge is 2.42. The Kier molecular flexibility index (Phi) is 5.27. The normalized spacial score (nSPS) is 41.4. The molecule has 1 aliphatic heterocycles. The third-order valence-electron chi connectivity index (χ3n) is 5.71. The number of piperidine rings is 1. The van der Waals surface area contributed by atoms with E-state index in [1.807, 2.05) is 7.11 Å². The quantitative estimate of drug-likeness (QED) is 0.851. The van der Waals surface area contributed by atoms with Gasteiger partial charge in [0.1, 0.15) is 0 Å². The molecule has 2 rings (SSSR count). The van der Waals surface area contributed by atoms with Crippen LogP contribution in [0.5, 0.6) is 0 Å². The molecular formula is C16H32N2O. The Hall–Kier alpha value is -0.120. The van der Waals surface area contributed by atoms with Gasteiger partial charge in [-0.05, 0) is 56.4 Å². The van der Waals surface area contributed by atoms with Crippen molar-refractivity contribution in [2.75, 3.05) is 33.4 Å². The Bertz CT molecular complexity index is 282. The van der Waals surface area contributed by atoms with E-state index in [-0.39, 0.29) is 5.54 Å². The summed E-state index contributed by atoms with van der Waals surface area (Å²) in [5, 5.41) is 0. The molecule has 0 bridgehead atoms. The number of likely N-dealkylation sites (tertiary alicyclic amines) is 1. The van der Waals surface area contributed by atoms with Gasteiger partial charge in [-0.25, -0.2) is 0 Å². The summed E-state index contributed by atoms with van der Waals surface area (Å²) in [4.78, 5) is 2.71. The predicted octanol–water partition coefficient (Wildman–Crippen LogP) is 2.50. The lowest BCUT2D eigenvalue weighted by Gasteiger charge is -2.52. The van der Waals surface area contributed by atoms with Crippen molar-refractivity contribution in [1.82, 2.24) is 4.90 Å². The lowest BCUT2D eigenvalue weighted by Crippen LogP contribution is -2.59. The van der Waals surface area contributed by atoms with Crippen molar-refractivity contribution in [3.8, 4) is 0 Å². The van der Waals surface area contributed by atoms with Crippen LogP contribution in [-0.2, 0) is 4.74 Å². The minimum absolute atomic E-state index is 0.276. The Balaban J connectivity index is 2.04. The lowest BCUT2D eigenvalue weighted by molar-refractivity contribution is -0.0185. The van der Waals surface area contributed by atoms with E-state index in [4.69, 9.17) is 10.5 Å². The molecule has 0 radical (unpaired) electrons. The van der Waals surface area contributed by atoms with Crippen molar-refractivity contribution >= 4 is 0 Å². The monoisotopic (exact) mass is 268 g/mol. The summed E-state index contributed by atoms with van der Waals surface area (Å²) in [5.74, 6) is 2.37. The molecule has 1 saturated heterocycles. The van der Waals surface area contributed by atoms with E-state index in [2.05, 4.69) is 18.7 Å². The maximum atomic E-state index is 6.22. The lowest BCUT2D eigenvalue weighted by atomic mass is 9.69. The Morgan fingerprint density at radius 3 is 2.68 bits per heavy atom. The maximum absolute atomic E-state index is 6.22. The molecule has 2 N–H and O–H groups in total. The van der Waals surface area contributed by atoms with E-state index in [0.717, 1.165) is 25.0 Å². The van der Waals surface area contributed by atoms with E-state index in [9.17, 15) is 0 Å². The van der Waals surface area contributed by atoms with E-state index in [1.54, 1.807) is 0 Å². The van der Waals surface area contributed by atoms with Crippen LogP contribution in [-0.4, -0.2) is 43.8 Å². The molecule has 1 aliphatic carbocycles. The topological polar surface area (TPSA) is 38.5 Å². The summed E-state index contributed by atoms with van der Waals surface area (Å²) < 4.78 is 5.36.